The molecule has 1 amide bonds. The zero-order valence-corrected chi connectivity index (χ0v) is 16.5. The maximum absolute atomic E-state index is 13.1. The Balaban J connectivity index is 2.08. The summed E-state index contributed by atoms with van der Waals surface area (Å²) in [5.41, 5.74) is -0.686. The summed E-state index contributed by atoms with van der Waals surface area (Å²) in [6.07, 6.45) is -1.32. The van der Waals surface area contributed by atoms with E-state index in [1.165, 1.54) is 13.0 Å². The number of alkyl halides is 3. The molecule has 2 aromatic rings. The van der Waals surface area contributed by atoms with E-state index in [0.717, 1.165) is 12.5 Å². The fourth-order valence-corrected chi connectivity index (χ4v) is 3.00. The average molecular weight is 428 g/mol. The van der Waals surface area contributed by atoms with Crippen molar-refractivity contribution in [3.05, 3.63) is 46.5 Å². The number of halogens is 3. The molecule has 2 rings (SSSR count). The number of carbonyl (C=O) groups is 2. The molecule has 1 aromatic carbocycles. The van der Waals surface area contributed by atoms with Gasteiger partial charge in [0.05, 0.1) is 13.2 Å². The van der Waals surface area contributed by atoms with E-state index in [2.05, 4.69) is 15.0 Å². The molecule has 0 aliphatic carbocycles. The molecule has 0 radical (unpaired) electrons. The van der Waals surface area contributed by atoms with Crippen LogP contribution in [-0.2, 0) is 15.7 Å². The lowest BCUT2D eigenvalue weighted by Crippen LogP contribution is -2.14. The smallest absolute Gasteiger partial charge is 0.435 e. The Morgan fingerprint density at radius 2 is 1.90 bits per heavy atom. The lowest BCUT2D eigenvalue weighted by Gasteiger charge is -2.04. The number of hydrogen-bond donors (Lipinski definition) is 1. The highest BCUT2D eigenvalue weighted by atomic mass is 32.1. The van der Waals surface area contributed by atoms with Crippen molar-refractivity contribution in [3.63, 3.8) is 0 Å². The molecule has 10 heteroatoms. The number of carbonyl (C=O) groups excluding carboxylic acids is 2. The minimum absolute atomic E-state index is 0.0826. The largest absolute Gasteiger partial charge is 0.494 e. The zero-order chi connectivity index (χ0) is 21.4. The number of aromatic nitrogens is 1. The molecule has 0 saturated carbocycles. The van der Waals surface area contributed by atoms with Crippen molar-refractivity contribution in [2.45, 2.75) is 26.4 Å². The second kappa shape index (κ2) is 10.1. The molecule has 29 heavy (non-hydrogen) atoms. The topological polar surface area (TPSA) is 77.5 Å². The molecule has 0 aliphatic heterocycles. The molecular formula is C19H19F3N2O4S. The summed E-state index contributed by atoms with van der Waals surface area (Å²) in [6, 6.07) is 6.96. The van der Waals surface area contributed by atoms with E-state index in [-0.39, 0.29) is 11.7 Å². The SMILES string of the molecule is CCCOc1ccc(/C=C/C(=O)Nc2nc(C(F)(F)F)c(C(=O)OCC)s2)cc1. The van der Waals surface area contributed by atoms with E-state index in [0.29, 0.717) is 29.3 Å². The molecule has 0 bridgehead atoms. The lowest BCUT2D eigenvalue weighted by atomic mass is 10.2. The Kier molecular flexibility index (Phi) is 7.77. The van der Waals surface area contributed by atoms with Crippen molar-refractivity contribution in [1.29, 1.82) is 0 Å². The summed E-state index contributed by atoms with van der Waals surface area (Å²) in [7, 11) is 0. The van der Waals surface area contributed by atoms with Gasteiger partial charge in [0.15, 0.2) is 10.8 Å². The van der Waals surface area contributed by atoms with Crippen LogP contribution in [0.15, 0.2) is 30.3 Å². The summed E-state index contributed by atoms with van der Waals surface area (Å²) >= 11 is 0.406. The van der Waals surface area contributed by atoms with Gasteiger partial charge in [-0.2, -0.15) is 13.2 Å². The first-order valence-electron chi connectivity index (χ1n) is 8.71. The van der Waals surface area contributed by atoms with Crippen LogP contribution in [0.5, 0.6) is 5.75 Å². The summed E-state index contributed by atoms with van der Waals surface area (Å²) in [5.74, 6) is -1.13. The molecule has 1 N–H and O–H groups in total. The van der Waals surface area contributed by atoms with Crippen LogP contribution in [0, 0.1) is 0 Å². The molecule has 0 fully saturated rings. The van der Waals surface area contributed by atoms with Gasteiger partial charge in [0.2, 0.25) is 5.91 Å². The third-order valence-corrected chi connectivity index (χ3v) is 4.32. The highest BCUT2D eigenvalue weighted by Crippen LogP contribution is 2.36. The highest BCUT2D eigenvalue weighted by Gasteiger charge is 2.40. The molecule has 0 spiro atoms. The fraction of sp³-hybridized carbons (Fsp3) is 0.316. The van der Waals surface area contributed by atoms with Gasteiger partial charge in [0, 0.05) is 6.08 Å². The Morgan fingerprint density at radius 1 is 1.21 bits per heavy atom. The predicted octanol–water partition coefficient (Wildman–Crippen LogP) is 4.78. The van der Waals surface area contributed by atoms with Gasteiger partial charge in [-0.05, 0) is 37.1 Å². The van der Waals surface area contributed by atoms with Crippen LogP contribution in [0.2, 0.25) is 0 Å². The number of nitrogens with one attached hydrogen (secondary N) is 1. The second-order valence-corrected chi connectivity index (χ2v) is 6.65. The van der Waals surface area contributed by atoms with Gasteiger partial charge in [-0.15, -0.1) is 0 Å². The summed E-state index contributed by atoms with van der Waals surface area (Å²) in [6.45, 7) is 3.98. The Hall–Kier alpha value is -2.88. The van der Waals surface area contributed by atoms with E-state index < -0.39 is 28.6 Å². The number of rotatable bonds is 8. The quantitative estimate of drug-likeness (QED) is 0.484. The molecule has 0 atom stereocenters. The van der Waals surface area contributed by atoms with E-state index in [9.17, 15) is 22.8 Å². The van der Waals surface area contributed by atoms with Crippen LogP contribution in [0.1, 0.15) is 41.2 Å². The molecule has 0 saturated heterocycles. The molecule has 0 unspecified atom stereocenters. The van der Waals surface area contributed by atoms with E-state index >= 15 is 0 Å². The first kappa shape index (κ1) is 22.4. The van der Waals surface area contributed by atoms with Crippen molar-refractivity contribution >= 4 is 34.4 Å². The molecular weight excluding hydrogens is 409 g/mol. The third kappa shape index (κ3) is 6.60. The molecule has 1 aromatic heterocycles. The Morgan fingerprint density at radius 3 is 2.48 bits per heavy atom. The lowest BCUT2D eigenvalue weighted by molar-refractivity contribution is -0.141. The summed E-state index contributed by atoms with van der Waals surface area (Å²) in [5, 5.41) is 1.88. The average Bonchev–Trinajstić information content (AvgIpc) is 3.10. The van der Waals surface area contributed by atoms with E-state index in [1.807, 2.05) is 6.92 Å². The van der Waals surface area contributed by atoms with Gasteiger partial charge in [-0.3, -0.25) is 10.1 Å². The first-order valence-corrected chi connectivity index (χ1v) is 9.53. The standard InChI is InChI=1S/C19H19F3N2O4S/c1-3-11-28-13-8-5-12(6-9-13)7-10-14(25)23-18-24-16(19(20,21)22)15(29-18)17(26)27-4-2/h5-10H,3-4,11H2,1-2H3,(H,23,24,25)/b10-7+. The number of thiazole rings is 1. The number of benzene rings is 1. The number of amides is 1. The van der Waals surface area contributed by atoms with Gasteiger partial charge in [0.1, 0.15) is 10.6 Å². The fourth-order valence-electron chi connectivity index (χ4n) is 2.11. The van der Waals surface area contributed by atoms with E-state index in [1.54, 1.807) is 24.3 Å². The van der Waals surface area contributed by atoms with E-state index in [4.69, 9.17) is 4.74 Å². The first-order chi connectivity index (χ1) is 13.7. The van der Waals surface area contributed by atoms with Crippen LogP contribution in [0.25, 0.3) is 6.08 Å². The van der Waals surface area contributed by atoms with Crippen LogP contribution in [-0.4, -0.2) is 30.1 Å². The van der Waals surface area contributed by atoms with Crippen LogP contribution >= 0.6 is 11.3 Å². The summed E-state index contributed by atoms with van der Waals surface area (Å²) in [4.78, 5) is 26.4. The monoisotopic (exact) mass is 428 g/mol. The number of nitrogens with zero attached hydrogens (tertiary/aromatic N) is 1. The maximum atomic E-state index is 13.1. The van der Waals surface area contributed by atoms with Crippen LogP contribution in [0.3, 0.4) is 0 Å². The van der Waals surface area contributed by atoms with Crippen LogP contribution in [0.4, 0.5) is 18.3 Å². The van der Waals surface area contributed by atoms with Crippen molar-refractivity contribution in [1.82, 2.24) is 4.98 Å². The second-order valence-electron chi connectivity index (χ2n) is 5.66. The van der Waals surface area contributed by atoms with Gasteiger partial charge < -0.3 is 9.47 Å². The molecule has 156 valence electrons. The minimum atomic E-state index is -4.85. The van der Waals surface area contributed by atoms with Gasteiger partial charge in [-0.25, -0.2) is 9.78 Å². The Labute approximate surface area is 169 Å². The molecule has 0 aliphatic rings. The van der Waals surface area contributed by atoms with Crippen molar-refractivity contribution in [2.75, 3.05) is 18.5 Å². The van der Waals surface area contributed by atoms with Gasteiger partial charge in [0.25, 0.3) is 0 Å². The normalized spacial score (nSPS) is 11.5. The van der Waals surface area contributed by atoms with Crippen molar-refractivity contribution in [3.8, 4) is 5.75 Å². The van der Waals surface area contributed by atoms with Gasteiger partial charge in [-0.1, -0.05) is 30.4 Å². The predicted molar refractivity (Wildman–Crippen MR) is 103 cm³/mol. The third-order valence-electron chi connectivity index (χ3n) is 3.37. The number of hydrogen-bond acceptors (Lipinski definition) is 6. The molecule has 6 nitrogen and oxygen atoms in total. The maximum Gasteiger partial charge on any atom is 0.435 e. The van der Waals surface area contributed by atoms with Crippen molar-refractivity contribution in [2.24, 2.45) is 0 Å². The zero-order valence-electron chi connectivity index (χ0n) is 15.7. The highest BCUT2D eigenvalue weighted by molar-refractivity contribution is 7.17. The van der Waals surface area contributed by atoms with Crippen LogP contribution < -0.4 is 10.1 Å². The van der Waals surface area contributed by atoms with Crippen molar-refractivity contribution < 1.29 is 32.2 Å². The molecule has 1 heterocycles. The van der Waals surface area contributed by atoms with Gasteiger partial charge >= 0.3 is 12.1 Å². The number of esters is 1. The Bertz CT molecular complexity index is 877. The number of anilines is 1. The number of ether oxygens (including phenoxy) is 2. The minimum Gasteiger partial charge on any atom is -0.494 e. The summed E-state index contributed by atoms with van der Waals surface area (Å²) < 4.78 is 49.3.